The van der Waals surface area contributed by atoms with Crippen molar-refractivity contribution >= 4 is 11.0 Å². The Balaban J connectivity index is 1.95. The molecule has 138 valence electrons. The first kappa shape index (κ1) is 17.7. The van der Waals surface area contributed by atoms with Gasteiger partial charge in [-0.05, 0) is 56.2 Å². The van der Waals surface area contributed by atoms with Gasteiger partial charge >= 0.3 is 0 Å². The van der Waals surface area contributed by atoms with E-state index in [1.54, 1.807) is 22.8 Å². The van der Waals surface area contributed by atoms with Gasteiger partial charge in [-0.25, -0.2) is 4.68 Å². The van der Waals surface area contributed by atoms with Crippen LogP contribution in [-0.4, -0.2) is 14.3 Å². The zero-order valence-electron chi connectivity index (χ0n) is 16.1. The smallest absolute Gasteiger partial charge is 0.252 e. The molecule has 0 atom stereocenters. The minimum atomic E-state index is -0.0670. The molecule has 2 aromatic carbocycles. The lowest BCUT2D eigenvalue weighted by atomic mass is 10.1. The first-order valence-electron chi connectivity index (χ1n) is 9.14. The summed E-state index contributed by atoms with van der Waals surface area (Å²) in [7, 11) is 0. The SMILES string of the molecule is Cc1ccc(-n2nc(C)c3c(C)cc(=O)n(Cc4ccc(C#N)cc4)c32)cc1. The molecule has 4 aromatic rings. The highest BCUT2D eigenvalue weighted by atomic mass is 16.1. The van der Waals surface area contributed by atoms with Gasteiger partial charge in [0.05, 0.1) is 29.6 Å². The molecule has 0 unspecified atom stereocenters. The van der Waals surface area contributed by atoms with Crippen LogP contribution in [0.5, 0.6) is 0 Å². The van der Waals surface area contributed by atoms with E-state index in [-0.39, 0.29) is 5.56 Å². The Morgan fingerprint density at radius 3 is 2.32 bits per heavy atom. The van der Waals surface area contributed by atoms with Gasteiger partial charge in [-0.2, -0.15) is 10.4 Å². The largest absolute Gasteiger partial charge is 0.288 e. The van der Waals surface area contributed by atoms with Crippen LogP contribution in [-0.2, 0) is 6.54 Å². The molecule has 0 saturated carbocycles. The van der Waals surface area contributed by atoms with E-state index in [2.05, 4.69) is 6.07 Å². The summed E-state index contributed by atoms with van der Waals surface area (Å²) in [6, 6.07) is 19.2. The quantitative estimate of drug-likeness (QED) is 0.548. The number of benzene rings is 2. The Morgan fingerprint density at radius 2 is 1.68 bits per heavy atom. The number of hydrogen-bond acceptors (Lipinski definition) is 3. The lowest BCUT2D eigenvalue weighted by molar-refractivity contribution is 0.750. The van der Waals surface area contributed by atoms with Crippen molar-refractivity contribution in [2.75, 3.05) is 0 Å². The fourth-order valence-electron chi connectivity index (χ4n) is 3.55. The molecule has 0 amide bonds. The maximum Gasteiger partial charge on any atom is 0.252 e. The van der Waals surface area contributed by atoms with Gasteiger partial charge in [-0.3, -0.25) is 9.36 Å². The third-order valence-corrected chi connectivity index (χ3v) is 4.99. The number of aryl methyl sites for hydroxylation is 3. The molecule has 0 aliphatic heterocycles. The van der Waals surface area contributed by atoms with Crippen molar-refractivity contribution in [1.29, 1.82) is 5.26 Å². The molecule has 2 aromatic heterocycles. The number of hydrogen-bond donors (Lipinski definition) is 0. The third-order valence-electron chi connectivity index (χ3n) is 4.99. The molecule has 0 fully saturated rings. The van der Waals surface area contributed by atoms with Crippen molar-refractivity contribution in [3.8, 4) is 11.8 Å². The maximum absolute atomic E-state index is 12.9. The predicted molar refractivity (Wildman–Crippen MR) is 110 cm³/mol. The van der Waals surface area contributed by atoms with Crippen LogP contribution in [0, 0.1) is 32.1 Å². The number of aromatic nitrogens is 3. The Labute approximate surface area is 163 Å². The topological polar surface area (TPSA) is 63.6 Å². The van der Waals surface area contributed by atoms with Gasteiger partial charge in [0.15, 0.2) is 0 Å². The maximum atomic E-state index is 12.9. The Hall–Kier alpha value is -3.65. The second-order valence-corrected chi connectivity index (χ2v) is 7.09. The first-order valence-corrected chi connectivity index (χ1v) is 9.14. The molecule has 0 aliphatic carbocycles. The lowest BCUT2D eigenvalue weighted by Gasteiger charge is -2.13. The highest BCUT2D eigenvalue weighted by Crippen LogP contribution is 2.24. The van der Waals surface area contributed by atoms with E-state index in [1.807, 2.05) is 61.9 Å². The van der Waals surface area contributed by atoms with Crippen molar-refractivity contribution < 1.29 is 0 Å². The van der Waals surface area contributed by atoms with Gasteiger partial charge in [-0.1, -0.05) is 29.8 Å². The minimum Gasteiger partial charge on any atom is -0.288 e. The predicted octanol–water partition coefficient (Wildman–Crippen LogP) is 4.03. The zero-order valence-corrected chi connectivity index (χ0v) is 16.1. The highest BCUT2D eigenvalue weighted by Gasteiger charge is 2.17. The van der Waals surface area contributed by atoms with Crippen molar-refractivity contribution in [1.82, 2.24) is 14.3 Å². The second kappa shape index (κ2) is 6.82. The summed E-state index contributed by atoms with van der Waals surface area (Å²) in [5, 5.41) is 14.7. The molecule has 0 spiro atoms. The molecule has 28 heavy (non-hydrogen) atoms. The van der Waals surface area contributed by atoms with Crippen molar-refractivity contribution in [2.24, 2.45) is 0 Å². The molecule has 2 heterocycles. The van der Waals surface area contributed by atoms with Crippen LogP contribution >= 0.6 is 0 Å². The molecule has 0 bridgehead atoms. The number of nitriles is 1. The Bertz CT molecular complexity index is 1270. The lowest BCUT2D eigenvalue weighted by Crippen LogP contribution is -2.22. The summed E-state index contributed by atoms with van der Waals surface area (Å²) in [5.41, 5.74) is 6.18. The number of rotatable bonds is 3. The summed E-state index contributed by atoms with van der Waals surface area (Å²) in [6.45, 7) is 6.38. The summed E-state index contributed by atoms with van der Waals surface area (Å²) < 4.78 is 3.60. The van der Waals surface area contributed by atoms with E-state index >= 15 is 0 Å². The van der Waals surface area contributed by atoms with Crippen LogP contribution in [0.15, 0.2) is 59.4 Å². The summed E-state index contributed by atoms with van der Waals surface area (Å²) in [5.74, 6) is 0. The molecular formula is C23H20N4O. The second-order valence-electron chi connectivity index (χ2n) is 7.09. The van der Waals surface area contributed by atoms with E-state index < -0.39 is 0 Å². The van der Waals surface area contributed by atoms with Crippen LogP contribution in [0.2, 0.25) is 0 Å². The molecule has 0 N–H and O–H groups in total. The van der Waals surface area contributed by atoms with Crippen LogP contribution in [0.25, 0.3) is 16.7 Å². The summed E-state index contributed by atoms with van der Waals surface area (Å²) >= 11 is 0. The van der Waals surface area contributed by atoms with Crippen LogP contribution in [0.4, 0.5) is 0 Å². The van der Waals surface area contributed by atoms with E-state index in [4.69, 9.17) is 10.4 Å². The van der Waals surface area contributed by atoms with Gasteiger partial charge < -0.3 is 0 Å². The molecular weight excluding hydrogens is 348 g/mol. The van der Waals surface area contributed by atoms with Crippen LogP contribution in [0.1, 0.15) is 27.9 Å². The molecule has 0 aliphatic rings. The molecule has 0 radical (unpaired) electrons. The Morgan fingerprint density at radius 1 is 1.00 bits per heavy atom. The van der Waals surface area contributed by atoms with E-state index in [1.165, 1.54) is 5.56 Å². The van der Waals surface area contributed by atoms with E-state index in [9.17, 15) is 4.79 Å². The highest BCUT2D eigenvalue weighted by molar-refractivity contribution is 5.83. The van der Waals surface area contributed by atoms with E-state index in [0.717, 1.165) is 33.5 Å². The van der Waals surface area contributed by atoms with Gasteiger partial charge in [0.25, 0.3) is 5.56 Å². The normalized spacial score (nSPS) is 10.9. The van der Waals surface area contributed by atoms with Crippen LogP contribution < -0.4 is 5.56 Å². The van der Waals surface area contributed by atoms with Gasteiger partial charge in [0.1, 0.15) is 5.65 Å². The number of fused-ring (bicyclic) bond motifs is 1. The minimum absolute atomic E-state index is 0.0670. The molecule has 4 rings (SSSR count). The van der Waals surface area contributed by atoms with Crippen molar-refractivity contribution in [3.63, 3.8) is 0 Å². The van der Waals surface area contributed by atoms with Gasteiger partial charge in [0.2, 0.25) is 0 Å². The van der Waals surface area contributed by atoms with Crippen molar-refractivity contribution in [3.05, 3.63) is 92.9 Å². The average molecular weight is 368 g/mol. The van der Waals surface area contributed by atoms with E-state index in [0.29, 0.717) is 12.1 Å². The van der Waals surface area contributed by atoms with Crippen LogP contribution in [0.3, 0.4) is 0 Å². The molecule has 5 heteroatoms. The first-order chi connectivity index (χ1) is 13.5. The molecule has 5 nitrogen and oxygen atoms in total. The summed E-state index contributed by atoms with van der Waals surface area (Å²) in [6.07, 6.45) is 0. The Kier molecular flexibility index (Phi) is 4.32. The fourth-order valence-corrected chi connectivity index (χ4v) is 3.55. The monoisotopic (exact) mass is 368 g/mol. The molecule has 0 saturated heterocycles. The van der Waals surface area contributed by atoms with Gasteiger partial charge in [-0.15, -0.1) is 0 Å². The number of nitrogens with zero attached hydrogens (tertiary/aromatic N) is 4. The standard InChI is InChI=1S/C23H20N4O/c1-15-4-10-20(11-5-15)27-23-22(17(3)25-27)16(2)12-21(28)26(23)14-19-8-6-18(13-24)7-9-19/h4-12H,14H2,1-3H3. The fraction of sp³-hybridized carbons (Fsp3) is 0.174. The van der Waals surface area contributed by atoms with Crippen molar-refractivity contribution in [2.45, 2.75) is 27.3 Å². The summed E-state index contributed by atoms with van der Waals surface area (Å²) in [4.78, 5) is 12.9. The number of pyridine rings is 1. The van der Waals surface area contributed by atoms with Gasteiger partial charge in [0, 0.05) is 11.5 Å². The average Bonchev–Trinajstić information content (AvgIpc) is 3.04. The zero-order chi connectivity index (χ0) is 19.8. The third kappa shape index (κ3) is 2.99.